The Bertz CT molecular complexity index is 357. The second-order valence-electron chi connectivity index (χ2n) is 2.41. The van der Waals surface area contributed by atoms with E-state index in [9.17, 15) is 0 Å². The normalized spacial score (nSPS) is 9.38. The molecule has 3 nitrogen and oxygen atoms in total. The molecule has 0 aromatic heterocycles. The number of nitriles is 1. The van der Waals surface area contributed by atoms with Crippen LogP contribution in [0.2, 0.25) is 0 Å². The molecule has 0 fully saturated rings. The molecule has 1 rings (SSSR count). The van der Waals surface area contributed by atoms with E-state index >= 15 is 0 Å². The summed E-state index contributed by atoms with van der Waals surface area (Å²) in [5, 5.41) is 17.8. The van der Waals surface area contributed by atoms with Gasteiger partial charge in [-0.25, -0.2) is 0 Å². The Labute approximate surface area is 90.1 Å². The fourth-order valence-electron chi connectivity index (χ4n) is 0.990. The summed E-state index contributed by atoms with van der Waals surface area (Å²) in [5.41, 5.74) is 1.12. The molecule has 0 saturated carbocycles. The fourth-order valence-corrected chi connectivity index (χ4v) is 1.76. The van der Waals surface area contributed by atoms with Crippen LogP contribution in [0.1, 0.15) is 11.1 Å². The number of benzene rings is 1. The summed E-state index contributed by atoms with van der Waals surface area (Å²) in [6, 6.07) is 5.42. The molecule has 0 bridgehead atoms. The van der Waals surface area contributed by atoms with Crippen molar-refractivity contribution in [2.24, 2.45) is 0 Å². The molecule has 0 aliphatic carbocycles. The van der Waals surface area contributed by atoms with E-state index in [-0.39, 0.29) is 6.61 Å². The molecule has 0 aliphatic heterocycles. The highest BCUT2D eigenvalue weighted by molar-refractivity contribution is 14.1. The Morgan fingerprint density at radius 3 is 2.77 bits per heavy atom. The average Bonchev–Trinajstić information content (AvgIpc) is 2.16. The van der Waals surface area contributed by atoms with Gasteiger partial charge in [0, 0.05) is 9.13 Å². The first kappa shape index (κ1) is 10.3. The van der Waals surface area contributed by atoms with Gasteiger partial charge < -0.3 is 9.84 Å². The third-order valence-electron chi connectivity index (χ3n) is 1.68. The highest BCUT2D eigenvalue weighted by Crippen LogP contribution is 2.23. The minimum Gasteiger partial charge on any atom is -0.497 e. The van der Waals surface area contributed by atoms with Crippen molar-refractivity contribution in [3.8, 4) is 11.8 Å². The molecule has 1 aromatic rings. The first-order chi connectivity index (χ1) is 6.22. The van der Waals surface area contributed by atoms with Gasteiger partial charge in [0.2, 0.25) is 0 Å². The Morgan fingerprint density at radius 1 is 1.62 bits per heavy atom. The van der Waals surface area contributed by atoms with Crippen LogP contribution >= 0.6 is 22.6 Å². The van der Waals surface area contributed by atoms with Crippen LogP contribution in [-0.4, -0.2) is 12.2 Å². The summed E-state index contributed by atoms with van der Waals surface area (Å²) in [6.45, 7) is -0.120. The first-order valence-corrected chi connectivity index (χ1v) is 4.68. The van der Waals surface area contributed by atoms with Crippen LogP contribution in [0.15, 0.2) is 12.1 Å². The van der Waals surface area contributed by atoms with Crippen molar-refractivity contribution in [1.82, 2.24) is 0 Å². The van der Waals surface area contributed by atoms with Gasteiger partial charge in [0.05, 0.1) is 25.3 Å². The van der Waals surface area contributed by atoms with Crippen LogP contribution in [0, 0.1) is 14.9 Å². The highest BCUT2D eigenvalue weighted by Gasteiger charge is 2.07. The second-order valence-corrected chi connectivity index (χ2v) is 3.57. The zero-order valence-electron chi connectivity index (χ0n) is 7.04. The molecular formula is C9H8INO2. The average molecular weight is 289 g/mol. The van der Waals surface area contributed by atoms with E-state index in [2.05, 4.69) is 22.6 Å². The number of aliphatic hydroxyl groups is 1. The zero-order valence-corrected chi connectivity index (χ0v) is 9.20. The maximum absolute atomic E-state index is 9.00. The number of halogens is 1. The maximum atomic E-state index is 9.00. The number of rotatable bonds is 2. The molecule has 0 heterocycles. The van der Waals surface area contributed by atoms with Gasteiger partial charge >= 0.3 is 0 Å². The molecule has 0 amide bonds. The Kier molecular flexibility index (Phi) is 3.51. The van der Waals surface area contributed by atoms with E-state index < -0.39 is 0 Å². The van der Waals surface area contributed by atoms with Crippen molar-refractivity contribution < 1.29 is 9.84 Å². The van der Waals surface area contributed by atoms with Crippen LogP contribution in [-0.2, 0) is 6.61 Å². The third-order valence-corrected chi connectivity index (χ3v) is 2.65. The molecule has 0 spiro atoms. The monoisotopic (exact) mass is 289 g/mol. The van der Waals surface area contributed by atoms with E-state index in [1.54, 1.807) is 19.2 Å². The number of nitrogens with zero attached hydrogens (tertiary/aromatic N) is 1. The van der Waals surface area contributed by atoms with Crippen LogP contribution in [0.3, 0.4) is 0 Å². The lowest BCUT2D eigenvalue weighted by molar-refractivity contribution is 0.280. The van der Waals surface area contributed by atoms with Gasteiger partial charge in [0.1, 0.15) is 5.75 Å². The van der Waals surface area contributed by atoms with Crippen LogP contribution in [0.4, 0.5) is 0 Å². The van der Waals surface area contributed by atoms with Crippen LogP contribution in [0.25, 0.3) is 0 Å². The van der Waals surface area contributed by atoms with Crippen LogP contribution in [0.5, 0.6) is 5.75 Å². The smallest absolute Gasteiger partial charge is 0.121 e. The summed E-state index contributed by atoms with van der Waals surface area (Å²) in [5.74, 6) is 0.637. The van der Waals surface area contributed by atoms with E-state index in [1.165, 1.54) is 0 Å². The largest absolute Gasteiger partial charge is 0.497 e. The third kappa shape index (κ3) is 2.11. The summed E-state index contributed by atoms with van der Waals surface area (Å²) in [7, 11) is 1.55. The highest BCUT2D eigenvalue weighted by atomic mass is 127. The molecule has 4 heteroatoms. The lowest BCUT2D eigenvalue weighted by Gasteiger charge is -2.06. The van der Waals surface area contributed by atoms with Crippen molar-refractivity contribution in [2.45, 2.75) is 6.61 Å². The van der Waals surface area contributed by atoms with Crippen LogP contribution < -0.4 is 4.74 Å². The van der Waals surface area contributed by atoms with Crippen molar-refractivity contribution in [3.63, 3.8) is 0 Å². The minimum absolute atomic E-state index is 0.120. The number of hydrogen-bond acceptors (Lipinski definition) is 3. The van der Waals surface area contributed by atoms with E-state index in [0.29, 0.717) is 16.9 Å². The van der Waals surface area contributed by atoms with Crippen molar-refractivity contribution in [3.05, 3.63) is 26.8 Å². The fraction of sp³-hybridized carbons (Fsp3) is 0.222. The summed E-state index contributed by atoms with van der Waals surface area (Å²) < 4.78 is 5.84. The molecule has 1 aromatic carbocycles. The Hall–Kier alpha value is -0.800. The molecule has 13 heavy (non-hydrogen) atoms. The van der Waals surface area contributed by atoms with Gasteiger partial charge in [-0.3, -0.25) is 0 Å². The zero-order chi connectivity index (χ0) is 9.84. The van der Waals surface area contributed by atoms with Gasteiger partial charge in [-0.1, -0.05) is 0 Å². The summed E-state index contributed by atoms with van der Waals surface area (Å²) >= 11 is 2.07. The van der Waals surface area contributed by atoms with Crippen molar-refractivity contribution in [2.75, 3.05) is 7.11 Å². The minimum atomic E-state index is -0.120. The molecule has 68 valence electrons. The Balaban J connectivity index is 3.31. The lowest BCUT2D eigenvalue weighted by Crippen LogP contribution is -1.95. The van der Waals surface area contributed by atoms with E-state index in [1.807, 2.05) is 6.07 Å². The predicted molar refractivity (Wildman–Crippen MR) is 56.3 cm³/mol. The van der Waals surface area contributed by atoms with Gasteiger partial charge in [-0.2, -0.15) is 5.26 Å². The van der Waals surface area contributed by atoms with E-state index in [0.717, 1.165) is 3.57 Å². The number of ether oxygens (including phenoxy) is 1. The van der Waals surface area contributed by atoms with Crippen molar-refractivity contribution in [1.29, 1.82) is 5.26 Å². The Morgan fingerprint density at radius 2 is 2.31 bits per heavy atom. The second kappa shape index (κ2) is 4.44. The van der Waals surface area contributed by atoms with Gasteiger partial charge in [-0.05, 0) is 34.7 Å². The summed E-state index contributed by atoms with van der Waals surface area (Å²) in [4.78, 5) is 0. The summed E-state index contributed by atoms with van der Waals surface area (Å²) in [6.07, 6.45) is 0. The van der Waals surface area contributed by atoms with E-state index in [4.69, 9.17) is 15.1 Å². The predicted octanol–water partition coefficient (Wildman–Crippen LogP) is 1.66. The standard InChI is InChI=1S/C9H8INO2/c1-13-7-2-6(4-11)8(5-12)9(10)3-7/h2-3,12H,5H2,1H3. The molecule has 0 unspecified atom stereocenters. The SMILES string of the molecule is COc1cc(I)c(CO)c(C#N)c1. The number of methoxy groups -OCH3 is 1. The topological polar surface area (TPSA) is 53.2 Å². The molecule has 0 aliphatic rings. The number of aliphatic hydroxyl groups excluding tert-OH is 1. The lowest BCUT2D eigenvalue weighted by atomic mass is 10.1. The van der Waals surface area contributed by atoms with Crippen molar-refractivity contribution >= 4 is 22.6 Å². The van der Waals surface area contributed by atoms with Gasteiger partial charge in [-0.15, -0.1) is 0 Å². The molecule has 0 saturated heterocycles. The van der Waals surface area contributed by atoms with Gasteiger partial charge in [0.15, 0.2) is 0 Å². The molecule has 1 N–H and O–H groups in total. The number of hydrogen-bond donors (Lipinski definition) is 1. The molecular weight excluding hydrogens is 281 g/mol. The van der Waals surface area contributed by atoms with Gasteiger partial charge in [0.25, 0.3) is 0 Å². The maximum Gasteiger partial charge on any atom is 0.121 e. The molecule has 0 atom stereocenters. The molecule has 0 radical (unpaired) electrons. The first-order valence-electron chi connectivity index (χ1n) is 3.60. The quantitative estimate of drug-likeness (QED) is 0.842.